The first-order valence-corrected chi connectivity index (χ1v) is 6.70. The van der Waals surface area contributed by atoms with Crippen LogP contribution in [0, 0.1) is 0 Å². The van der Waals surface area contributed by atoms with E-state index in [1.165, 1.54) is 13.8 Å². The monoisotopic (exact) mass is 314 g/mol. The van der Waals surface area contributed by atoms with E-state index >= 15 is 0 Å². The number of esters is 2. The molecule has 0 bridgehead atoms. The van der Waals surface area contributed by atoms with Crippen molar-refractivity contribution < 1.29 is 48.3 Å². The van der Waals surface area contributed by atoms with E-state index in [1.807, 2.05) is 0 Å². The van der Waals surface area contributed by atoms with Crippen molar-refractivity contribution in [2.75, 3.05) is 13.2 Å². The minimum atomic E-state index is -0.562. The molecule has 0 aliphatic rings. The van der Waals surface area contributed by atoms with Gasteiger partial charge in [-0.2, -0.15) is 0 Å². The van der Waals surface area contributed by atoms with E-state index in [9.17, 15) is 9.59 Å². The van der Waals surface area contributed by atoms with Gasteiger partial charge < -0.3 is 14.9 Å². The van der Waals surface area contributed by atoms with Crippen molar-refractivity contribution in [3.63, 3.8) is 0 Å². The van der Waals surface area contributed by atoms with Crippen LogP contribution in [0.3, 0.4) is 0 Å². The molecule has 0 atom stereocenters. The van der Waals surface area contributed by atoms with Gasteiger partial charge in [-0.15, -0.1) is 0 Å². The number of unbranched alkanes of at least 4 members (excludes halogenated alkanes) is 2. The van der Waals surface area contributed by atoms with Gasteiger partial charge in [0.1, 0.15) is 0 Å². The third-order valence-electron chi connectivity index (χ3n) is 1.31. The Labute approximate surface area is 127 Å². The molecule has 0 radical (unpaired) electrons. The fraction of sp³-hybridized carbons (Fsp3) is 0.833. The summed E-state index contributed by atoms with van der Waals surface area (Å²) in [5.41, 5.74) is 0. The number of hydrogen-bond donors (Lipinski definition) is 2. The molecule has 0 aromatic rings. The molecule has 0 aliphatic heterocycles. The van der Waals surface area contributed by atoms with Gasteiger partial charge in [0.2, 0.25) is 0 Å². The average molecular weight is 314 g/mol. The van der Waals surface area contributed by atoms with Crippen LogP contribution < -0.4 is 0 Å². The zero-order valence-electron chi connectivity index (χ0n) is 12.3. The maximum atomic E-state index is 9.81. The van der Waals surface area contributed by atoms with E-state index in [0.717, 1.165) is 46.1 Å². The summed E-state index contributed by atoms with van der Waals surface area (Å²) in [6, 6.07) is 0. The van der Waals surface area contributed by atoms with E-state index < -0.39 is 11.9 Å². The predicted molar refractivity (Wildman–Crippen MR) is 67.1 cm³/mol. The molecule has 2 N–H and O–H groups in total. The number of aliphatic hydroxyl groups is 2. The van der Waals surface area contributed by atoms with Crippen molar-refractivity contribution >= 4 is 11.9 Å². The van der Waals surface area contributed by atoms with Crippen LogP contribution in [0.1, 0.15) is 53.4 Å². The average Bonchev–Trinajstić information content (AvgIpc) is 2.33. The Morgan fingerprint density at radius 1 is 0.895 bits per heavy atom. The van der Waals surface area contributed by atoms with Crippen molar-refractivity contribution in [3.8, 4) is 0 Å². The van der Waals surface area contributed by atoms with Crippen LogP contribution in [0.15, 0.2) is 0 Å². The van der Waals surface area contributed by atoms with E-state index in [4.69, 9.17) is 13.5 Å². The Bertz CT molecular complexity index is 165. The number of ether oxygens (including phenoxy) is 1. The number of carbonyl (C=O) groups excluding carboxylic acids is 2. The Kier molecular flexibility index (Phi) is 43.4. The van der Waals surface area contributed by atoms with Gasteiger partial charge in [-0.05, 0) is 12.8 Å². The number of rotatable bonds is 4. The molecule has 0 rings (SSSR count). The van der Waals surface area contributed by atoms with Crippen molar-refractivity contribution in [2.24, 2.45) is 0 Å². The standard InChI is InChI=1S/C4H6O3.2C4H10O.O.Ti/c1-3(5)7-4(2)6;2*1-2-3-4-5;;/h1-2H3;2*5H,2-4H2,1H3;;. The first-order chi connectivity index (χ1) is 8.95. The summed E-state index contributed by atoms with van der Waals surface area (Å²) < 4.78 is 12.2. The third kappa shape index (κ3) is 74.3. The molecule has 0 fully saturated rings. The first-order valence-electron chi connectivity index (χ1n) is 6.07. The molecule has 19 heavy (non-hydrogen) atoms. The van der Waals surface area contributed by atoms with Crippen molar-refractivity contribution in [1.29, 1.82) is 0 Å². The van der Waals surface area contributed by atoms with E-state index in [-0.39, 0.29) is 0 Å². The molecular weight excluding hydrogens is 288 g/mol. The topological polar surface area (TPSA) is 101 Å². The number of carbonyl (C=O) groups is 2. The fourth-order valence-corrected chi connectivity index (χ4v) is 0.519. The summed E-state index contributed by atoms with van der Waals surface area (Å²) in [5.74, 6) is -1.12. The van der Waals surface area contributed by atoms with Gasteiger partial charge in [0.05, 0.1) is 0 Å². The Balaban J connectivity index is -0.0000000848. The molecule has 0 unspecified atom stereocenters. The molecule has 114 valence electrons. The second-order valence-corrected chi connectivity index (χ2v) is 3.24. The van der Waals surface area contributed by atoms with Crippen LogP contribution in [-0.4, -0.2) is 35.4 Å². The normalized spacial score (nSPS) is 7.42. The van der Waals surface area contributed by atoms with Crippen LogP contribution in [-0.2, 0) is 38.1 Å². The van der Waals surface area contributed by atoms with Crippen LogP contribution in [0.4, 0.5) is 0 Å². The molecule has 0 aliphatic carbocycles. The number of hydrogen-bond acceptors (Lipinski definition) is 6. The summed E-state index contributed by atoms with van der Waals surface area (Å²) in [6.07, 6.45) is 4.08. The summed E-state index contributed by atoms with van der Waals surface area (Å²) in [7, 11) is 0. The number of aliphatic hydroxyl groups excluding tert-OH is 2. The van der Waals surface area contributed by atoms with Gasteiger partial charge in [0, 0.05) is 27.1 Å². The molecule has 0 amide bonds. The molecule has 0 saturated heterocycles. The Morgan fingerprint density at radius 2 is 1.16 bits per heavy atom. The van der Waals surface area contributed by atoms with E-state index in [0.29, 0.717) is 13.2 Å². The van der Waals surface area contributed by atoms with Gasteiger partial charge in [-0.1, -0.05) is 26.7 Å². The summed E-state index contributed by atoms with van der Waals surface area (Å²) >= 11 is 0.750. The molecule has 0 aromatic carbocycles. The molecule has 0 spiro atoms. The van der Waals surface area contributed by atoms with Crippen molar-refractivity contribution in [2.45, 2.75) is 53.4 Å². The summed E-state index contributed by atoms with van der Waals surface area (Å²) in [4.78, 5) is 19.6. The minimum absolute atomic E-state index is 0.344. The Hall–Kier alpha value is -0.426. The second kappa shape index (κ2) is 30.5. The molecule has 6 nitrogen and oxygen atoms in total. The molecule has 0 aromatic heterocycles. The van der Waals surface area contributed by atoms with Gasteiger partial charge in [0.25, 0.3) is 0 Å². The second-order valence-electron chi connectivity index (χ2n) is 3.24. The van der Waals surface area contributed by atoms with E-state index in [2.05, 4.69) is 18.6 Å². The maximum absolute atomic E-state index is 9.81. The SMILES string of the molecule is CC(=O)OC(C)=O.CCCCO.CCCCO.[O]=[Ti]. The molecule has 7 heteroatoms. The van der Waals surface area contributed by atoms with E-state index in [1.54, 1.807) is 0 Å². The Morgan fingerprint density at radius 3 is 1.16 bits per heavy atom. The fourth-order valence-electron chi connectivity index (χ4n) is 0.519. The van der Waals surface area contributed by atoms with Crippen LogP contribution in [0.2, 0.25) is 0 Å². The molecular formula is C12H26O6Ti. The summed E-state index contributed by atoms with van der Waals surface area (Å²) in [5, 5.41) is 16.1. The molecule has 0 heterocycles. The zero-order chi connectivity index (χ0) is 16.1. The van der Waals surface area contributed by atoms with Crippen LogP contribution in [0.25, 0.3) is 0 Å². The van der Waals surface area contributed by atoms with Gasteiger partial charge in [-0.3, -0.25) is 9.59 Å². The summed E-state index contributed by atoms with van der Waals surface area (Å²) in [6.45, 7) is 7.15. The predicted octanol–water partition coefficient (Wildman–Crippen LogP) is 1.53. The zero-order valence-corrected chi connectivity index (χ0v) is 13.8. The van der Waals surface area contributed by atoms with Crippen LogP contribution in [0.5, 0.6) is 0 Å². The van der Waals surface area contributed by atoms with Gasteiger partial charge >= 0.3 is 35.7 Å². The van der Waals surface area contributed by atoms with Gasteiger partial charge in [0.15, 0.2) is 0 Å². The van der Waals surface area contributed by atoms with Crippen molar-refractivity contribution in [1.82, 2.24) is 0 Å². The molecule has 0 saturated carbocycles. The third-order valence-corrected chi connectivity index (χ3v) is 1.31. The van der Waals surface area contributed by atoms with Crippen LogP contribution >= 0.6 is 0 Å². The first kappa shape index (κ1) is 27.0. The van der Waals surface area contributed by atoms with Crippen molar-refractivity contribution in [3.05, 3.63) is 0 Å². The quantitative estimate of drug-likeness (QED) is 0.464. The van der Waals surface area contributed by atoms with Gasteiger partial charge in [-0.25, -0.2) is 0 Å².